The second kappa shape index (κ2) is 7.57. The number of carbonyl (C=O) groups excluding carboxylic acids is 1. The molecule has 4 aromatic rings. The molecule has 33 heavy (non-hydrogen) atoms. The number of fused-ring (bicyclic) bond motifs is 1. The number of aromatic nitrogens is 1. The van der Waals surface area contributed by atoms with Crippen LogP contribution in [-0.2, 0) is 10.3 Å². The van der Waals surface area contributed by atoms with E-state index in [1.54, 1.807) is 13.1 Å². The fourth-order valence-corrected chi connectivity index (χ4v) is 5.49. The van der Waals surface area contributed by atoms with Crippen molar-refractivity contribution < 1.29 is 9.32 Å². The summed E-state index contributed by atoms with van der Waals surface area (Å²) in [6.45, 7) is 3.83. The molecule has 3 heterocycles. The summed E-state index contributed by atoms with van der Waals surface area (Å²) in [5.41, 5.74) is 3.86. The summed E-state index contributed by atoms with van der Waals surface area (Å²) in [7, 11) is 1.61. The van der Waals surface area contributed by atoms with Crippen LogP contribution >= 0.6 is 11.3 Å². The molecule has 8 heteroatoms. The van der Waals surface area contributed by atoms with Crippen molar-refractivity contribution in [3.05, 3.63) is 75.6 Å². The number of aryl methyl sites for hydroxylation is 1. The van der Waals surface area contributed by atoms with Crippen LogP contribution in [0.4, 0.5) is 0 Å². The summed E-state index contributed by atoms with van der Waals surface area (Å²) in [4.78, 5) is 15.8. The first-order valence-corrected chi connectivity index (χ1v) is 11.3. The van der Waals surface area contributed by atoms with Gasteiger partial charge in [0.15, 0.2) is 11.5 Å². The minimum atomic E-state index is -0.848. The Morgan fingerprint density at radius 3 is 2.85 bits per heavy atom. The molecule has 0 unspecified atom stereocenters. The third-order valence-corrected chi connectivity index (χ3v) is 7.48. The molecule has 164 valence electrons. The van der Waals surface area contributed by atoms with Gasteiger partial charge in [-0.2, -0.15) is 5.26 Å². The van der Waals surface area contributed by atoms with Gasteiger partial charge in [-0.1, -0.05) is 23.4 Å². The summed E-state index contributed by atoms with van der Waals surface area (Å²) < 4.78 is 5.46. The second-order valence-corrected chi connectivity index (χ2v) is 9.33. The minimum Gasteiger partial charge on any atom is -0.356 e. The molecule has 1 fully saturated rings. The van der Waals surface area contributed by atoms with Gasteiger partial charge in [0.25, 0.3) is 0 Å². The lowest BCUT2D eigenvalue weighted by molar-refractivity contribution is -0.131. The lowest BCUT2D eigenvalue weighted by Gasteiger charge is -2.45. The molecule has 1 amide bonds. The fourth-order valence-electron chi connectivity index (χ4n) is 4.42. The number of thiophene rings is 1. The highest BCUT2D eigenvalue weighted by molar-refractivity contribution is 7.10. The van der Waals surface area contributed by atoms with Crippen molar-refractivity contribution in [1.29, 1.82) is 10.7 Å². The second-order valence-electron chi connectivity index (χ2n) is 8.42. The van der Waals surface area contributed by atoms with Gasteiger partial charge in [-0.3, -0.25) is 15.1 Å². The standard InChI is InChI=1S/C25H21N5O2S/c1-14-19-8-7-17(10-20(19)32-29-14)22-23(31)30(3)24(27)28-25(22,2)21-11-18(13-33-21)16-6-4-5-15(9-16)12-26/h4-11,13,22H,1-3H3,(H2,27,28)/t22-,25-/m1/s1. The lowest BCUT2D eigenvalue weighted by atomic mass is 9.76. The smallest absolute Gasteiger partial charge is 0.239 e. The van der Waals surface area contributed by atoms with Crippen LogP contribution in [0.2, 0.25) is 0 Å². The van der Waals surface area contributed by atoms with Crippen LogP contribution in [0.25, 0.3) is 22.1 Å². The third-order valence-electron chi connectivity index (χ3n) is 6.31. The van der Waals surface area contributed by atoms with Crippen molar-refractivity contribution >= 4 is 34.2 Å². The van der Waals surface area contributed by atoms with E-state index in [2.05, 4.69) is 16.5 Å². The lowest BCUT2D eigenvalue weighted by Crippen LogP contribution is -2.62. The van der Waals surface area contributed by atoms with E-state index in [1.165, 1.54) is 16.2 Å². The molecule has 0 spiro atoms. The highest BCUT2D eigenvalue weighted by Crippen LogP contribution is 2.45. The summed E-state index contributed by atoms with van der Waals surface area (Å²) in [5.74, 6) is -0.696. The van der Waals surface area contributed by atoms with Crippen molar-refractivity contribution in [2.45, 2.75) is 25.3 Å². The Morgan fingerprint density at radius 2 is 2.06 bits per heavy atom. The number of likely N-dealkylation sites (N-methyl/N-ethyl adjacent to an activating group) is 1. The number of benzene rings is 2. The fraction of sp³-hybridized carbons (Fsp3) is 0.200. The quantitative estimate of drug-likeness (QED) is 0.464. The summed E-state index contributed by atoms with van der Waals surface area (Å²) >= 11 is 1.53. The highest BCUT2D eigenvalue weighted by atomic mass is 32.1. The first kappa shape index (κ1) is 20.9. The van der Waals surface area contributed by atoms with E-state index >= 15 is 0 Å². The van der Waals surface area contributed by atoms with E-state index < -0.39 is 11.5 Å². The number of amides is 1. The van der Waals surface area contributed by atoms with Crippen LogP contribution in [0.5, 0.6) is 0 Å². The Balaban J connectivity index is 1.62. The van der Waals surface area contributed by atoms with Gasteiger partial charge in [0, 0.05) is 17.3 Å². The first-order valence-electron chi connectivity index (χ1n) is 10.4. The average molecular weight is 456 g/mol. The maximum Gasteiger partial charge on any atom is 0.239 e. The highest BCUT2D eigenvalue weighted by Gasteiger charge is 2.49. The molecule has 0 radical (unpaired) electrons. The van der Waals surface area contributed by atoms with E-state index in [9.17, 15) is 10.1 Å². The summed E-state index contributed by atoms with van der Waals surface area (Å²) in [6, 6.07) is 17.4. The number of carbonyl (C=O) groups is 1. The number of nitrogens with zero attached hydrogens (tertiary/aromatic N) is 3. The minimum absolute atomic E-state index is 0.0526. The van der Waals surface area contributed by atoms with Gasteiger partial charge in [-0.25, -0.2) is 0 Å². The molecule has 1 aliphatic rings. The molecule has 0 bridgehead atoms. The number of hydrogen-bond acceptors (Lipinski definition) is 6. The zero-order chi connectivity index (χ0) is 23.3. The van der Waals surface area contributed by atoms with Crippen molar-refractivity contribution in [3.63, 3.8) is 0 Å². The molecule has 1 saturated heterocycles. The average Bonchev–Trinajstić information content (AvgIpc) is 3.45. The number of nitrogens with one attached hydrogen (secondary N) is 2. The summed E-state index contributed by atoms with van der Waals surface area (Å²) in [5, 5.41) is 27.9. The molecular weight excluding hydrogens is 434 g/mol. The largest absolute Gasteiger partial charge is 0.356 e. The number of hydrogen-bond donors (Lipinski definition) is 2. The predicted octanol–water partition coefficient (Wildman–Crippen LogP) is 4.73. The SMILES string of the molecule is Cc1noc2cc([C@@H]3C(=O)N(C)C(=N)N[C@]3(C)c3cc(-c4cccc(C#N)c4)cs3)ccc12. The number of guanidine groups is 1. The van der Waals surface area contributed by atoms with Crippen molar-refractivity contribution in [2.24, 2.45) is 0 Å². The van der Waals surface area contributed by atoms with E-state index in [-0.39, 0.29) is 11.9 Å². The van der Waals surface area contributed by atoms with Crippen LogP contribution in [0.3, 0.4) is 0 Å². The Morgan fingerprint density at radius 1 is 1.24 bits per heavy atom. The van der Waals surface area contributed by atoms with Gasteiger partial charge < -0.3 is 9.84 Å². The number of nitriles is 1. The molecule has 1 aliphatic heterocycles. The topological polar surface area (TPSA) is 106 Å². The molecule has 5 rings (SSSR count). The Bertz CT molecular complexity index is 1460. The number of rotatable bonds is 3. The van der Waals surface area contributed by atoms with Crippen LogP contribution in [0.1, 0.15) is 34.5 Å². The monoisotopic (exact) mass is 455 g/mol. The molecule has 2 N–H and O–H groups in total. The summed E-state index contributed by atoms with van der Waals surface area (Å²) in [6.07, 6.45) is 0. The first-order chi connectivity index (χ1) is 15.8. The Hall–Kier alpha value is -3.96. The van der Waals surface area contributed by atoms with Crippen molar-refractivity contribution in [1.82, 2.24) is 15.4 Å². The Kier molecular flexibility index (Phi) is 4.80. The van der Waals surface area contributed by atoms with Gasteiger partial charge in [0.2, 0.25) is 5.91 Å². The van der Waals surface area contributed by atoms with Gasteiger partial charge >= 0.3 is 0 Å². The molecule has 0 saturated carbocycles. The molecule has 0 aliphatic carbocycles. The van der Waals surface area contributed by atoms with Crippen LogP contribution in [0, 0.1) is 23.7 Å². The molecule has 7 nitrogen and oxygen atoms in total. The predicted molar refractivity (Wildman–Crippen MR) is 127 cm³/mol. The van der Waals surface area contributed by atoms with Gasteiger partial charge in [-0.15, -0.1) is 11.3 Å². The van der Waals surface area contributed by atoms with E-state index in [4.69, 9.17) is 9.93 Å². The van der Waals surface area contributed by atoms with E-state index in [0.29, 0.717) is 11.1 Å². The Labute approximate surface area is 194 Å². The zero-order valence-electron chi connectivity index (χ0n) is 18.3. The molecule has 2 aromatic carbocycles. The van der Waals surface area contributed by atoms with Crippen LogP contribution in [0.15, 0.2) is 58.4 Å². The van der Waals surface area contributed by atoms with E-state index in [1.807, 2.05) is 61.7 Å². The molecular formula is C25H21N5O2S. The van der Waals surface area contributed by atoms with Gasteiger partial charge in [-0.05, 0) is 66.2 Å². The van der Waals surface area contributed by atoms with Gasteiger partial charge in [0.05, 0.1) is 28.8 Å². The van der Waals surface area contributed by atoms with E-state index in [0.717, 1.165) is 32.6 Å². The van der Waals surface area contributed by atoms with Crippen molar-refractivity contribution in [2.75, 3.05) is 7.05 Å². The van der Waals surface area contributed by atoms with Crippen LogP contribution < -0.4 is 5.32 Å². The maximum atomic E-state index is 13.5. The molecule has 2 aromatic heterocycles. The zero-order valence-corrected chi connectivity index (χ0v) is 19.2. The van der Waals surface area contributed by atoms with Crippen molar-refractivity contribution in [3.8, 4) is 17.2 Å². The normalized spacial score (nSPS) is 20.7. The van der Waals surface area contributed by atoms with Crippen LogP contribution in [-0.4, -0.2) is 29.0 Å². The maximum absolute atomic E-state index is 13.5. The third kappa shape index (κ3) is 3.29. The van der Waals surface area contributed by atoms with Gasteiger partial charge in [0.1, 0.15) is 0 Å². The molecule has 2 atom stereocenters.